The van der Waals surface area contributed by atoms with E-state index in [0.29, 0.717) is 11.5 Å². The van der Waals surface area contributed by atoms with Crippen molar-refractivity contribution in [3.63, 3.8) is 0 Å². The molecule has 0 spiro atoms. The van der Waals surface area contributed by atoms with Crippen molar-refractivity contribution >= 4 is 11.6 Å². The molecule has 1 aromatic carbocycles. The Hall–Kier alpha value is -0.630. The van der Waals surface area contributed by atoms with Crippen LogP contribution in [0.25, 0.3) is 0 Å². The molecule has 2 rings (SSSR count). The van der Waals surface area contributed by atoms with Crippen molar-refractivity contribution in [2.45, 2.75) is 50.3 Å². The van der Waals surface area contributed by atoms with Crippen LogP contribution in [0.5, 0.6) is 0 Å². The fourth-order valence-corrected chi connectivity index (χ4v) is 3.19. The van der Waals surface area contributed by atoms with Crippen molar-refractivity contribution < 1.29 is 8.78 Å². The van der Waals surface area contributed by atoms with Crippen molar-refractivity contribution in [3.8, 4) is 0 Å². The molecule has 0 N–H and O–H groups in total. The van der Waals surface area contributed by atoms with Crippen LogP contribution in [0, 0.1) is 17.6 Å². The summed E-state index contributed by atoms with van der Waals surface area (Å²) >= 11 is 6.26. The molecule has 0 aromatic heterocycles. The molecule has 0 nitrogen and oxygen atoms in total. The molecule has 18 heavy (non-hydrogen) atoms. The Kier molecular flexibility index (Phi) is 4.99. The normalized spacial score (nSPS) is 19.5. The maximum atomic E-state index is 13.6. The third kappa shape index (κ3) is 3.68. The van der Waals surface area contributed by atoms with Gasteiger partial charge in [-0.1, -0.05) is 38.5 Å². The predicted molar refractivity (Wildman–Crippen MR) is 70.8 cm³/mol. The van der Waals surface area contributed by atoms with Gasteiger partial charge in [0.25, 0.3) is 0 Å². The van der Waals surface area contributed by atoms with E-state index in [1.54, 1.807) is 0 Å². The molecule has 1 aliphatic carbocycles. The smallest absolute Gasteiger partial charge is 0.128 e. The van der Waals surface area contributed by atoms with Gasteiger partial charge in [0.1, 0.15) is 11.6 Å². The minimum atomic E-state index is -0.419. The maximum absolute atomic E-state index is 13.6. The highest BCUT2D eigenvalue weighted by atomic mass is 35.5. The Labute approximate surface area is 112 Å². The number of hydrogen-bond donors (Lipinski definition) is 0. The summed E-state index contributed by atoms with van der Waals surface area (Å²) in [4.78, 5) is 0. The zero-order valence-corrected chi connectivity index (χ0v) is 11.2. The van der Waals surface area contributed by atoms with Crippen LogP contribution in [0.15, 0.2) is 18.2 Å². The third-order valence-corrected chi connectivity index (χ3v) is 4.22. The van der Waals surface area contributed by atoms with E-state index in [2.05, 4.69) is 0 Å². The monoisotopic (exact) mass is 272 g/mol. The molecule has 1 aliphatic rings. The number of halogens is 3. The van der Waals surface area contributed by atoms with Crippen molar-refractivity contribution in [2.75, 3.05) is 0 Å². The Balaban J connectivity index is 2.01. The molecule has 1 atom stereocenters. The molecular formula is C15H19ClF2. The minimum Gasteiger partial charge on any atom is -0.207 e. The average Bonchev–Trinajstić information content (AvgIpc) is 2.61. The van der Waals surface area contributed by atoms with Crippen LogP contribution in [0.4, 0.5) is 8.78 Å². The number of hydrogen-bond acceptors (Lipinski definition) is 0. The van der Waals surface area contributed by atoms with E-state index in [1.165, 1.54) is 44.6 Å². The molecule has 3 heteroatoms. The van der Waals surface area contributed by atoms with Gasteiger partial charge in [-0.2, -0.15) is 0 Å². The second-order valence-electron chi connectivity index (χ2n) is 5.23. The highest BCUT2D eigenvalue weighted by Gasteiger charge is 2.20. The van der Waals surface area contributed by atoms with E-state index in [-0.39, 0.29) is 0 Å². The van der Waals surface area contributed by atoms with Gasteiger partial charge < -0.3 is 0 Å². The summed E-state index contributed by atoms with van der Waals surface area (Å²) in [6.45, 7) is 0. The quantitative estimate of drug-likeness (QED) is 0.496. The molecular weight excluding hydrogens is 254 g/mol. The second kappa shape index (κ2) is 6.51. The lowest BCUT2D eigenvalue weighted by atomic mass is 9.92. The van der Waals surface area contributed by atoms with Gasteiger partial charge in [-0.15, -0.1) is 11.6 Å². The summed E-state index contributed by atoms with van der Waals surface area (Å²) in [5.41, 5.74) is 0.306. The van der Waals surface area contributed by atoms with Crippen molar-refractivity contribution in [2.24, 2.45) is 5.92 Å². The van der Waals surface area contributed by atoms with E-state index in [4.69, 9.17) is 11.6 Å². The van der Waals surface area contributed by atoms with Gasteiger partial charge in [-0.25, -0.2) is 8.78 Å². The number of alkyl halides is 1. The lowest BCUT2D eigenvalue weighted by molar-refractivity contribution is 0.418. The first-order valence-electron chi connectivity index (χ1n) is 6.76. The van der Waals surface area contributed by atoms with Gasteiger partial charge in [0.05, 0.1) is 5.38 Å². The van der Waals surface area contributed by atoms with Crippen LogP contribution < -0.4 is 0 Å². The van der Waals surface area contributed by atoms with Crippen LogP contribution >= 0.6 is 11.6 Å². The molecule has 0 amide bonds. The van der Waals surface area contributed by atoms with Gasteiger partial charge in [-0.3, -0.25) is 0 Å². The molecule has 1 saturated carbocycles. The molecule has 0 radical (unpaired) electrons. The lowest BCUT2D eigenvalue weighted by Crippen LogP contribution is -2.05. The minimum absolute atomic E-state index is 0.306. The van der Waals surface area contributed by atoms with E-state index < -0.39 is 17.0 Å². The summed E-state index contributed by atoms with van der Waals surface area (Å²) in [6.07, 6.45) is 8.14. The van der Waals surface area contributed by atoms with Crippen LogP contribution in [0.3, 0.4) is 0 Å². The molecule has 100 valence electrons. The van der Waals surface area contributed by atoms with Gasteiger partial charge >= 0.3 is 0 Å². The summed E-state index contributed by atoms with van der Waals surface area (Å²) in [6, 6.07) is 3.52. The summed E-state index contributed by atoms with van der Waals surface area (Å²) in [7, 11) is 0. The van der Waals surface area contributed by atoms with E-state index >= 15 is 0 Å². The molecule has 1 aromatic rings. The molecule has 0 bridgehead atoms. The Morgan fingerprint density at radius 3 is 2.44 bits per heavy atom. The van der Waals surface area contributed by atoms with Crippen LogP contribution in [0.2, 0.25) is 0 Å². The molecule has 1 fully saturated rings. The zero-order valence-electron chi connectivity index (χ0n) is 10.5. The Bertz CT molecular complexity index is 384. The largest absolute Gasteiger partial charge is 0.207 e. The molecule has 0 heterocycles. The van der Waals surface area contributed by atoms with Crippen LogP contribution in [0.1, 0.15) is 55.9 Å². The van der Waals surface area contributed by atoms with E-state index in [9.17, 15) is 8.78 Å². The summed E-state index contributed by atoms with van der Waals surface area (Å²) in [5, 5.41) is -0.413. The first kappa shape index (κ1) is 13.8. The predicted octanol–water partition coefficient (Wildman–Crippen LogP) is 5.61. The fraction of sp³-hybridized carbons (Fsp3) is 0.600. The summed E-state index contributed by atoms with van der Waals surface area (Å²) in [5.74, 6) is -0.263. The van der Waals surface area contributed by atoms with E-state index in [1.807, 2.05) is 0 Å². The number of rotatable bonds is 3. The SMILES string of the molecule is Fc1ccc(F)c(C(Cl)CC2CCCCCC2)c1. The van der Waals surface area contributed by atoms with Crippen molar-refractivity contribution in [3.05, 3.63) is 35.4 Å². The van der Waals surface area contributed by atoms with Crippen molar-refractivity contribution in [1.82, 2.24) is 0 Å². The molecule has 0 aliphatic heterocycles. The maximum Gasteiger partial charge on any atom is 0.128 e. The van der Waals surface area contributed by atoms with Crippen LogP contribution in [-0.2, 0) is 0 Å². The highest BCUT2D eigenvalue weighted by molar-refractivity contribution is 6.20. The van der Waals surface area contributed by atoms with E-state index in [0.717, 1.165) is 18.6 Å². The molecule has 1 unspecified atom stereocenters. The lowest BCUT2D eigenvalue weighted by Gasteiger charge is -2.18. The van der Waals surface area contributed by atoms with Gasteiger partial charge in [0, 0.05) is 5.56 Å². The second-order valence-corrected chi connectivity index (χ2v) is 5.75. The zero-order chi connectivity index (χ0) is 13.0. The van der Waals surface area contributed by atoms with Gasteiger partial charge in [0.15, 0.2) is 0 Å². The number of benzene rings is 1. The third-order valence-electron chi connectivity index (χ3n) is 3.81. The first-order chi connectivity index (χ1) is 8.66. The topological polar surface area (TPSA) is 0 Å². The highest BCUT2D eigenvalue weighted by Crippen LogP contribution is 2.35. The fourth-order valence-electron chi connectivity index (χ4n) is 2.77. The van der Waals surface area contributed by atoms with Crippen molar-refractivity contribution in [1.29, 1.82) is 0 Å². The summed E-state index contributed by atoms with van der Waals surface area (Å²) < 4.78 is 26.7. The molecule has 0 saturated heterocycles. The van der Waals surface area contributed by atoms with Crippen LogP contribution in [-0.4, -0.2) is 0 Å². The van der Waals surface area contributed by atoms with Gasteiger partial charge in [-0.05, 0) is 30.5 Å². The Morgan fingerprint density at radius 2 is 1.78 bits per heavy atom. The Morgan fingerprint density at radius 1 is 1.11 bits per heavy atom. The van der Waals surface area contributed by atoms with Gasteiger partial charge in [0.2, 0.25) is 0 Å². The first-order valence-corrected chi connectivity index (χ1v) is 7.19. The average molecular weight is 273 g/mol. The standard InChI is InChI=1S/C15H19ClF2/c16-14(9-11-5-3-1-2-4-6-11)13-10-12(17)7-8-15(13)18/h7-8,10-11,14H,1-6,9H2.